The number of amides is 1. The van der Waals surface area contributed by atoms with Gasteiger partial charge in [-0.2, -0.15) is 0 Å². The smallest absolute Gasteiger partial charge is 0.410 e. The minimum Gasteiger partial charge on any atom is -0.490 e. The van der Waals surface area contributed by atoms with Crippen molar-refractivity contribution in [3.63, 3.8) is 0 Å². The van der Waals surface area contributed by atoms with Crippen LogP contribution in [-0.2, 0) is 4.74 Å². The van der Waals surface area contributed by atoms with Crippen LogP contribution in [0.2, 0.25) is 0 Å². The van der Waals surface area contributed by atoms with Crippen LogP contribution in [0.4, 0.5) is 4.79 Å². The van der Waals surface area contributed by atoms with E-state index in [-0.39, 0.29) is 24.3 Å². The molecule has 0 aromatic heterocycles. The van der Waals surface area contributed by atoms with Gasteiger partial charge in [-0.3, -0.25) is 0 Å². The van der Waals surface area contributed by atoms with Gasteiger partial charge in [-0.15, -0.1) is 0 Å². The summed E-state index contributed by atoms with van der Waals surface area (Å²) in [6, 6.07) is 10.4. The molecule has 1 unspecified atom stereocenters. The molecule has 120 valence electrons. The van der Waals surface area contributed by atoms with Crippen molar-refractivity contribution < 1.29 is 14.3 Å². The predicted molar refractivity (Wildman–Crippen MR) is 85.0 cm³/mol. The number of carbonyl (C=O) groups excluding carboxylic acids is 1. The maximum Gasteiger partial charge on any atom is 0.410 e. The monoisotopic (exact) mass is 303 g/mol. The van der Waals surface area contributed by atoms with Crippen molar-refractivity contribution in [2.45, 2.75) is 70.2 Å². The maximum atomic E-state index is 12.4. The highest BCUT2D eigenvalue weighted by Crippen LogP contribution is 2.38. The average molecular weight is 303 g/mol. The summed E-state index contributed by atoms with van der Waals surface area (Å²) >= 11 is 0. The van der Waals surface area contributed by atoms with Gasteiger partial charge in [0.25, 0.3) is 0 Å². The summed E-state index contributed by atoms with van der Waals surface area (Å²) in [5.41, 5.74) is -0.437. The van der Waals surface area contributed by atoms with Crippen LogP contribution in [0.1, 0.15) is 46.5 Å². The Hall–Kier alpha value is -1.71. The van der Waals surface area contributed by atoms with E-state index >= 15 is 0 Å². The van der Waals surface area contributed by atoms with E-state index in [0.717, 1.165) is 31.4 Å². The van der Waals surface area contributed by atoms with E-state index in [2.05, 4.69) is 0 Å². The Labute approximate surface area is 132 Å². The van der Waals surface area contributed by atoms with Crippen LogP contribution < -0.4 is 4.74 Å². The Bertz CT molecular complexity index is 509. The largest absolute Gasteiger partial charge is 0.490 e. The minimum atomic E-state index is -0.437. The van der Waals surface area contributed by atoms with Crippen molar-refractivity contribution in [1.29, 1.82) is 0 Å². The summed E-state index contributed by atoms with van der Waals surface area (Å²) in [7, 11) is 0. The van der Waals surface area contributed by atoms with Crippen molar-refractivity contribution in [2.24, 2.45) is 0 Å². The van der Waals surface area contributed by atoms with Gasteiger partial charge in [0.15, 0.2) is 0 Å². The summed E-state index contributed by atoms with van der Waals surface area (Å²) in [6.45, 7) is 5.74. The number of piperidine rings is 1. The first kappa shape index (κ1) is 15.2. The van der Waals surface area contributed by atoms with Crippen molar-refractivity contribution in [1.82, 2.24) is 4.90 Å². The molecule has 4 heteroatoms. The standard InChI is InChI=1S/C18H25NO3/c1-18(2,3)22-17(20)19-13-9-10-14(19)12-16(11-13)21-15-7-5-4-6-8-15/h4-8,13-14,16H,9-12H2,1-3H3/t13-,14+,16?. The minimum absolute atomic E-state index is 0.168. The topological polar surface area (TPSA) is 38.8 Å². The van der Waals surface area contributed by atoms with Gasteiger partial charge in [-0.1, -0.05) is 18.2 Å². The van der Waals surface area contributed by atoms with Crippen molar-refractivity contribution in [2.75, 3.05) is 0 Å². The molecule has 0 radical (unpaired) electrons. The number of carbonyl (C=O) groups is 1. The molecule has 2 heterocycles. The molecule has 2 fully saturated rings. The van der Waals surface area contributed by atoms with Crippen LogP contribution in [0.15, 0.2) is 30.3 Å². The summed E-state index contributed by atoms with van der Waals surface area (Å²) in [5, 5.41) is 0. The van der Waals surface area contributed by atoms with E-state index in [4.69, 9.17) is 9.47 Å². The van der Waals surface area contributed by atoms with Crippen LogP contribution in [0.5, 0.6) is 5.75 Å². The zero-order valence-corrected chi connectivity index (χ0v) is 13.6. The summed E-state index contributed by atoms with van der Waals surface area (Å²) < 4.78 is 11.6. The second-order valence-electron chi connectivity index (χ2n) is 7.30. The average Bonchev–Trinajstić information content (AvgIpc) is 2.70. The normalized spacial score (nSPS) is 27.6. The number of fused-ring (bicyclic) bond motifs is 2. The quantitative estimate of drug-likeness (QED) is 0.829. The second-order valence-corrected chi connectivity index (χ2v) is 7.30. The number of hydrogen-bond acceptors (Lipinski definition) is 3. The molecule has 0 N–H and O–H groups in total. The van der Waals surface area contributed by atoms with Crippen LogP contribution in [0, 0.1) is 0 Å². The molecule has 2 bridgehead atoms. The zero-order valence-electron chi connectivity index (χ0n) is 13.6. The molecule has 3 rings (SSSR count). The fourth-order valence-corrected chi connectivity index (χ4v) is 3.53. The molecular formula is C18H25NO3. The van der Waals surface area contributed by atoms with E-state index in [9.17, 15) is 4.79 Å². The zero-order chi connectivity index (χ0) is 15.7. The number of nitrogens with zero attached hydrogens (tertiary/aromatic N) is 1. The first-order valence-electron chi connectivity index (χ1n) is 8.15. The van der Waals surface area contributed by atoms with Crippen LogP contribution in [0.25, 0.3) is 0 Å². The molecule has 2 saturated heterocycles. The fraction of sp³-hybridized carbons (Fsp3) is 0.611. The van der Waals surface area contributed by atoms with Crippen LogP contribution in [0.3, 0.4) is 0 Å². The summed E-state index contributed by atoms with van der Waals surface area (Å²) in [4.78, 5) is 14.4. The van der Waals surface area contributed by atoms with Gasteiger partial charge in [0, 0.05) is 24.9 Å². The third-order valence-electron chi connectivity index (χ3n) is 4.34. The molecule has 1 aromatic rings. The highest BCUT2D eigenvalue weighted by atomic mass is 16.6. The van der Waals surface area contributed by atoms with E-state index in [1.54, 1.807) is 0 Å². The molecule has 0 saturated carbocycles. The lowest BCUT2D eigenvalue weighted by Gasteiger charge is -2.39. The fourth-order valence-electron chi connectivity index (χ4n) is 3.53. The number of rotatable bonds is 2. The SMILES string of the molecule is CC(C)(C)OC(=O)N1[C@@H]2CC[C@H]1CC(Oc1ccccc1)C2. The van der Waals surface area contributed by atoms with Crippen molar-refractivity contribution in [3.8, 4) is 5.75 Å². The highest BCUT2D eigenvalue weighted by molar-refractivity contribution is 5.69. The van der Waals surface area contributed by atoms with Gasteiger partial charge in [0.2, 0.25) is 0 Å². The lowest BCUT2D eigenvalue weighted by molar-refractivity contribution is -0.00707. The van der Waals surface area contributed by atoms with Gasteiger partial charge in [-0.05, 0) is 45.7 Å². The highest BCUT2D eigenvalue weighted by Gasteiger charge is 2.45. The first-order chi connectivity index (χ1) is 10.4. The van der Waals surface area contributed by atoms with Crippen LogP contribution >= 0.6 is 0 Å². The molecule has 2 aliphatic heterocycles. The molecule has 4 nitrogen and oxygen atoms in total. The molecule has 3 atom stereocenters. The second kappa shape index (κ2) is 5.82. The molecule has 2 aliphatic rings. The molecular weight excluding hydrogens is 278 g/mol. The van der Waals surface area contributed by atoms with E-state index in [0.29, 0.717) is 0 Å². The number of ether oxygens (including phenoxy) is 2. The van der Waals surface area contributed by atoms with Gasteiger partial charge in [-0.25, -0.2) is 4.79 Å². The van der Waals surface area contributed by atoms with Crippen molar-refractivity contribution in [3.05, 3.63) is 30.3 Å². The van der Waals surface area contributed by atoms with E-state index in [1.165, 1.54) is 0 Å². The van der Waals surface area contributed by atoms with Crippen molar-refractivity contribution >= 4 is 6.09 Å². The third-order valence-corrected chi connectivity index (χ3v) is 4.34. The number of hydrogen-bond donors (Lipinski definition) is 0. The van der Waals surface area contributed by atoms with Gasteiger partial charge in [0.1, 0.15) is 17.5 Å². The molecule has 0 spiro atoms. The lowest BCUT2D eigenvalue weighted by Crippen LogP contribution is -2.50. The Morgan fingerprint density at radius 3 is 2.23 bits per heavy atom. The Balaban J connectivity index is 1.63. The Kier molecular flexibility index (Phi) is 4.02. The first-order valence-corrected chi connectivity index (χ1v) is 8.15. The molecule has 0 aliphatic carbocycles. The van der Waals surface area contributed by atoms with Gasteiger partial charge >= 0.3 is 6.09 Å². The van der Waals surface area contributed by atoms with E-state index in [1.807, 2.05) is 56.0 Å². The predicted octanol–water partition coefficient (Wildman–Crippen LogP) is 4.00. The molecule has 1 aromatic carbocycles. The summed E-state index contributed by atoms with van der Waals surface area (Å²) in [6.07, 6.45) is 3.92. The molecule has 22 heavy (non-hydrogen) atoms. The number of para-hydroxylation sites is 1. The van der Waals surface area contributed by atoms with Crippen LogP contribution in [-0.4, -0.2) is 34.8 Å². The Morgan fingerprint density at radius 2 is 1.68 bits per heavy atom. The number of benzene rings is 1. The Morgan fingerprint density at radius 1 is 1.09 bits per heavy atom. The van der Waals surface area contributed by atoms with Gasteiger partial charge < -0.3 is 14.4 Å². The maximum absolute atomic E-state index is 12.4. The summed E-state index contributed by atoms with van der Waals surface area (Å²) in [5.74, 6) is 0.914. The molecule has 1 amide bonds. The van der Waals surface area contributed by atoms with E-state index < -0.39 is 5.60 Å². The lowest BCUT2D eigenvalue weighted by atomic mass is 10.00. The van der Waals surface area contributed by atoms with Gasteiger partial charge in [0.05, 0.1) is 0 Å². The third kappa shape index (κ3) is 3.37.